The molecule has 1 aliphatic carbocycles. The van der Waals surface area contributed by atoms with Gasteiger partial charge in [0.05, 0.1) is 5.60 Å². The van der Waals surface area contributed by atoms with E-state index in [1.54, 1.807) is 0 Å². The fourth-order valence-electron chi connectivity index (χ4n) is 2.88. The van der Waals surface area contributed by atoms with Crippen LogP contribution in [0.15, 0.2) is 36.4 Å². The van der Waals surface area contributed by atoms with Crippen molar-refractivity contribution in [1.29, 1.82) is 0 Å². The van der Waals surface area contributed by atoms with Gasteiger partial charge in [0.2, 0.25) is 0 Å². The topological polar surface area (TPSA) is 20.2 Å². The Kier molecular flexibility index (Phi) is 3.05. The first kappa shape index (κ1) is 13.2. The third-order valence-corrected chi connectivity index (χ3v) is 3.91. The standard InChI is InChI=1S/C16H13F3O/c17-11-4-5-13-10(8-11)6-7-16(13,20)9-12-14(18)2-1-3-15(12)19/h1-5,8,20H,6-7,9H2. The molecule has 0 bridgehead atoms. The lowest BCUT2D eigenvalue weighted by molar-refractivity contribution is 0.0371. The lowest BCUT2D eigenvalue weighted by atomic mass is 9.88. The lowest BCUT2D eigenvalue weighted by Gasteiger charge is -2.24. The molecule has 20 heavy (non-hydrogen) atoms. The Bertz CT molecular complexity index is 649. The van der Waals surface area contributed by atoms with Gasteiger partial charge in [-0.1, -0.05) is 12.1 Å². The molecule has 1 unspecified atom stereocenters. The molecule has 0 radical (unpaired) electrons. The predicted octanol–water partition coefficient (Wildman–Crippen LogP) is 3.48. The van der Waals surface area contributed by atoms with Gasteiger partial charge >= 0.3 is 0 Å². The fourth-order valence-corrected chi connectivity index (χ4v) is 2.88. The molecule has 1 atom stereocenters. The highest BCUT2D eigenvalue weighted by Crippen LogP contribution is 2.40. The predicted molar refractivity (Wildman–Crippen MR) is 68.7 cm³/mol. The molecule has 1 aliphatic rings. The Labute approximate surface area is 114 Å². The summed E-state index contributed by atoms with van der Waals surface area (Å²) in [5, 5.41) is 10.7. The minimum absolute atomic E-state index is 0.132. The molecule has 0 heterocycles. The van der Waals surface area contributed by atoms with Gasteiger partial charge in [0.1, 0.15) is 17.5 Å². The molecule has 0 spiro atoms. The van der Waals surface area contributed by atoms with Gasteiger partial charge in [0.25, 0.3) is 0 Å². The summed E-state index contributed by atoms with van der Waals surface area (Å²) in [7, 11) is 0. The van der Waals surface area contributed by atoms with Crippen molar-refractivity contribution >= 4 is 0 Å². The zero-order valence-corrected chi connectivity index (χ0v) is 10.7. The van der Waals surface area contributed by atoms with Gasteiger partial charge in [0.15, 0.2) is 0 Å². The molecule has 1 nitrogen and oxygen atoms in total. The quantitative estimate of drug-likeness (QED) is 0.891. The van der Waals surface area contributed by atoms with Crippen LogP contribution in [0.1, 0.15) is 23.1 Å². The first-order valence-corrected chi connectivity index (χ1v) is 6.44. The molecular formula is C16H13F3O. The van der Waals surface area contributed by atoms with Crippen molar-refractivity contribution in [2.75, 3.05) is 0 Å². The molecule has 0 saturated heterocycles. The van der Waals surface area contributed by atoms with Gasteiger partial charge < -0.3 is 5.11 Å². The first-order valence-electron chi connectivity index (χ1n) is 6.44. The van der Waals surface area contributed by atoms with Gasteiger partial charge in [-0.05, 0) is 48.2 Å². The second-order valence-corrected chi connectivity index (χ2v) is 5.21. The maximum absolute atomic E-state index is 13.7. The largest absolute Gasteiger partial charge is 0.385 e. The van der Waals surface area contributed by atoms with E-state index in [9.17, 15) is 18.3 Å². The normalized spacial score (nSPS) is 21.0. The first-order chi connectivity index (χ1) is 9.49. The highest BCUT2D eigenvalue weighted by atomic mass is 19.1. The SMILES string of the molecule is OC1(Cc2c(F)cccc2F)CCc2cc(F)ccc21. The summed E-state index contributed by atoms with van der Waals surface area (Å²) in [6.07, 6.45) is 0.684. The monoisotopic (exact) mass is 278 g/mol. The minimum atomic E-state index is -1.34. The number of aryl methyl sites for hydroxylation is 1. The second-order valence-electron chi connectivity index (χ2n) is 5.21. The van der Waals surface area contributed by atoms with Crippen LogP contribution in [0.4, 0.5) is 13.2 Å². The van der Waals surface area contributed by atoms with Crippen molar-refractivity contribution in [3.05, 3.63) is 70.5 Å². The van der Waals surface area contributed by atoms with Gasteiger partial charge in [-0.15, -0.1) is 0 Å². The van der Waals surface area contributed by atoms with E-state index in [0.717, 1.165) is 0 Å². The van der Waals surface area contributed by atoms with Crippen molar-refractivity contribution in [1.82, 2.24) is 0 Å². The third-order valence-electron chi connectivity index (χ3n) is 3.91. The molecule has 104 valence electrons. The molecular weight excluding hydrogens is 265 g/mol. The summed E-state index contributed by atoms with van der Waals surface area (Å²) in [6.45, 7) is 0. The Morgan fingerprint density at radius 1 is 1.05 bits per heavy atom. The van der Waals surface area contributed by atoms with Crippen molar-refractivity contribution in [2.45, 2.75) is 24.9 Å². The molecule has 0 saturated carbocycles. The van der Waals surface area contributed by atoms with Crippen LogP contribution in [0.3, 0.4) is 0 Å². The van der Waals surface area contributed by atoms with E-state index in [4.69, 9.17) is 0 Å². The van der Waals surface area contributed by atoms with E-state index in [-0.39, 0.29) is 17.8 Å². The zero-order chi connectivity index (χ0) is 14.3. The zero-order valence-electron chi connectivity index (χ0n) is 10.7. The van der Waals surface area contributed by atoms with Crippen LogP contribution in [0.2, 0.25) is 0 Å². The van der Waals surface area contributed by atoms with Crippen LogP contribution in [-0.2, 0) is 18.4 Å². The van der Waals surface area contributed by atoms with Crippen molar-refractivity contribution in [2.24, 2.45) is 0 Å². The molecule has 0 aliphatic heterocycles. The van der Waals surface area contributed by atoms with E-state index < -0.39 is 17.2 Å². The van der Waals surface area contributed by atoms with Gasteiger partial charge in [-0.3, -0.25) is 0 Å². The van der Waals surface area contributed by atoms with E-state index in [1.165, 1.54) is 36.4 Å². The summed E-state index contributed by atoms with van der Waals surface area (Å²) in [6, 6.07) is 7.75. The molecule has 1 N–H and O–H groups in total. The Morgan fingerprint density at radius 2 is 1.75 bits per heavy atom. The average molecular weight is 278 g/mol. The Morgan fingerprint density at radius 3 is 2.45 bits per heavy atom. The number of hydrogen-bond donors (Lipinski definition) is 1. The van der Waals surface area contributed by atoms with E-state index in [2.05, 4.69) is 0 Å². The highest BCUT2D eigenvalue weighted by Gasteiger charge is 2.38. The maximum Gasteiger partial charge on any atom is 0.129 e. The molecule has 2 aromatic rings. The smallest absolute Gasteiger partial charge is 0.129 e. The third kappa shape index (κ3) is 2.10. The second kappa shape index (κ2) is 4.63. The number of hydrogen-bond acceptors (Lipinski definition) is 1. The summed E-state index contributed by atoms with van der Waals surface area (Å²) in [4.78, 5) is 0. The highest BCUT2D eigenvalue weighted by molar-refractivity contribution is 5.39. The summed E-state index contributed by atoms with van der Waals surface area (Å²) >= 11 is 0. The van der Waals surface area contributed by atoms with E-state index >= 15 is 0 Å². The number of fused-ring (bicyclic) bond motifs is 1. The van der Waals surface area contributed by atoms with Crippen molar-refractivity contribution in [3.63, 3.8) is 0 Å². The van der Waals surface area contributed by atoms with Crippen LogP contribution in [0.5, 0.6) is 0 Å². The van der Waals surface area contributed by atoms with Gasteiger partial charge in [-0.2, -0.15) is 0 Å². The lowest BCUT2D eigenvalue weighted by Crippen LogP contribution is -2.26. The average Bonchev–Trinajstić information content (AvgIpc) is 2.72. The van der Waals surface area contributed by atoms with Crippen molar-refractivity contribution in [3.8, 4) is 0 Å². The van der Waals surface area contributed by atoms with E-state index in [0.29, 0.717) is 24.0 Å². The van der Waals surface area contributed by atoms with Crippen LogP contribution in [0.25, 0.3) is 0 Å². The Hall–Kier alpha value is -1.81. The fraction of sp³-hybridized carbons (Fsp3) is 0.250. The van der Waals surface area contributed by atoms with Gasteiger partial charge in [-0.25, -0.2) is 13.2 Å². The molecule has 0 amide bonds. The molecule has 0 fully saturated rings. The molecule has 4 heteroatoms. The Balaban J connectivity index is 2.00. The maximum atomic E-state index is 13.7. The summed E-state index contributed by atoms with van der Waals surface area (Å²) in [5.74, 6) is -1.71. The number of rotatable bonds is 2. The molecule has 3 rings (SSSR count). The van der Waals surface area contributed by atoms with Crippen LogP contribution >= 0.6 is 0 Å². The van der Waals surface area contributed by atoms with Crippen molar-refractivity contribution < 1.29 is 18.3 Å². The van der Waals surface area contributed by atoms with Gasteiger partial charge in [0, 0.05) is 12.0 Å². The summed E-state index contributed by atoms with van der Waals surface area (Å²) < 4.78 is 40.6. The molecule has 0 aromatic heterocycles. The van der Waals surface area contributed by atoms with E-state index in [1.807, 2.05) is 0 Å². The number of aliphatic hydroxyl groups is 1. The molecule has 2 aromatic carbocycles. The van der Waals surface area contributed by atoms with Crippen LogP contribution in [-0.4, -0.2) is 5.11 Å². The minimum Gasteiger partial charge on any atom is -0.385 e. The van der Waals surface area contributed by atoms with Crippen LogP contribution < -0.4 is 0 Å². The number of benzene rings is 2. The summed E-state index contributed by atoms with van der Waals surface area (Å²) in [5.41, 5.74) is -0.218. The number of halogens is 3. The van der Waals surface area contributed by atoms with Crippen LogP contribution in [0, 0.1) is 17.5 Å².